The number of esters is 1. The molecule has 0 spiro atoms. The molecule has 3 aromatic carbocycles. The molecule has 0 aliphatic carbocycles. The summed E-state index contributed by atoms with van der Waals surface area (Å²) in [5, 5.41) is 0. The average Bonchev–Trinajstić information content (AvgIpc) is 2.99. The highest BCUT2D eigenvalue weighted by atomic mass is 16.6. The Bertz CT molecular complexity index is 1380. The maximum absolute atomic E-state index is 13.0. The predicted octanol–water partition coefficient (Wildman–Crippen LogP) is 7.87. The molecule has 242 valence electrons. The predicted molar refractivity (Wildman–Crippen MR) is 176 cm³/mol. The molecule has 0 N–H and O–H groups in total. The van der Waals surface area contributed by atoms with E-state index >= 15 is 0 Å². The largest absolute Gasteiger partial charge is 0.489 e. The lowest BCUT2D eigenvalue weighted by atomic mass is 9.67. The molecule has 0 bridgehead atoms. The van der Waals surface area contributed by atoms with Gasteiger partial charge < -0.3 is 23.8 Å². The van der Waals surface area contributed by atoms with E-state index in [2.05, 4.69) is 54.6 Å². The van der Waals surface area contributed by atoms with Crippen molar-refractivity contribution in [3.05, 3.63) is 101 Å². The van der Waals surface area contributed by atoms with Gasteiger partial charge in [0, 0.05) is 24.1 Å². The molecule has 0 atom stereocenters. The van der Waals surface area contributed by atoms with E-state index in [1.54, 1.807) is 0 Å². The van der Waals surface area contributed by atoms with Gasteiger partial charge in [0.15, 0.2) is 0 Å². The van der Waals surface area contributed by atoms with Gasteiger partial charge in [-0.2, -0.15) is 0 Å². The van der Waals surface area contributed by atoms with E-state index in [0.29, 0.717) is 39.3 Å². The number of benzene rings is 3. The van der Waals surface area contributed by atoms with E-state index < -0.39 is 11.2 Å². The van der Waals surface area contributed by atoms with Crippen LogP contribution in [0.4, 0.5) is 4.79 Å². The van der Waals surface area contributed by atoms with E-state index in [1.807, 2.05) is 70.7 Å². The summed E-state index contributed by atoms with van der Waals surface area (Å²) in [7, 11) is 0. The van der Waals surface area contributed by atoms with E-state index in [-0.39, 0.29) is 23.9 Å². The van der Waals surface area contributed by atoms with Crippen LogP contribution in [0.1, 0.15) is 83.1 Å². The summed E-state index contributed by atoms with van der Waals surface area (Å²) in [6.45, 7) is 13.7. The van der Waals surface area contributed by atoms with Gasteiger partial charge in [-0.25, -0.2) is 4.79 Å². The van der Waals surface area contributed by atoms with Gasteiger partial charge >= 0.3 is 12.1 Å². The van der Waals surface area contributed by atoms with E-state index in [4.69, 9.17) is 18.9 Å². The number of amides is 1. The van der Waals surface area contributed by atoms with E-state index in [9.17, 15) is 9.59 Å². The Morgan fingerprint density at radius 2 is 1.38 bits per heavy atom. The van der Waals surface area contributed by atoms with Crippen molar-refractivity contribution in [3.63, 3.8) is 0 Å². The highest BCUT2D eigenvalue weighted by Crippen LogP contribution is 2.46. The van der Waals surface area contributed by atoms with Crippen molar-refractivity contribution >= 4 is 12.1 Å². The zero-order chi connectivity index (χ0) is 32.5. The molecule has 0 saturated carbocycles. The van der Waals surface area contributed by atoms with Gasteiger partial charge in [-0.1, -0.05) is 72.8 Å². The lowest BCUT2D eigenvalue weighted by Gasteiger charge is -2.43. The summed E-state index contributed by atoms with van der Waals surface area (Å²) < 4.78 is 23.5. The SMILES string of the molecule is CC(C)(C)OC(=O)CCOCCc1ccc(OCc2ccccc2)c(C2(c3ccccc3)CCN(C(=O)OC(C)(C)C)CC2)c1. The summed E-state index contributed by atoms with van der Waals surface area (Å²) in [4.78, 5) is 26.9. The second kappa shape index (κ2) is 15.0. The highest BCUT2D eigenvalue weighted by Gasteiger charge is 2.41. The van der Waals surface area contributed by atoms with Crippen molar-refractivity contribution in [1.82, 2.24) is 4.90 Å². The molecular weight excluding hydrogens is 566 g/mol. The number of nitrogens with zero attached hydrogens (tertiary/aromatic N) is 1. The summed E-state index contributed by atoms with van der Waals surface area (Å²) in [5.74, 6) is 0.579. The number of ether oxygens (including phenoxy) is 4. The molecule has 0 unspecified atom stereocenters. The molecule has 1 aliphatic heterocycles. The molecule has 7 nitrogen and oxygen atoms in total. The van der Waals surface area contributed by atoms with Crippen LogP contribution in [0.3, 0.4) is 0 Å². The van der Waals surface area contributed by atoms with Crippen LogP contribution in [-0.4, -0.2) is 54.5 Å². The molecule has 1 amide bonds. The minimum atomic E-state index is -0.549. The van der Waals surface area contributed by atoms with Gasteiger partial charge in [0.05, 0.1) is 19.6 Å². The Labute approximate surface area is 268 Å². The summed E-state index contributed by atoms with van der Waals surface area (Å²) in [5.41, 5.74) is 3.12. The minimum Gasteiger partial charge on any atom is -0.489 e. The number of hydrogen-bond acceptors (Lipinski definition) is 6. The standard InChI is InChI=1S/C38H49NO6/c1-36(2,3)44-34(40)20-26-42-25-19-29-17-18-33(43-28-30-13-9-7-10-14-30)32(27-29)38(31-15-11-8-12-16-31)21-23-39(24-22-38)35(41)45-37(4,5)6/h7-18,27H,19-26,28H2,1-6H3. The number of carbonyl (C=O) groups excluding carboxylic acids is 2. The van der Waals surface area contributed by atoms with Crippen LogP contribution >= 0.6 is 0 Å². The first-order valence-electron chi connectivity index (χ1n) is 16.0. The monoisotopic (exact) mass is 615 g/mol. The third kappa shape index (κ3) is 10.1. The van der Waals surface area contributed by atoms with Gasteiger partial charge in [0.25, 0.3) is 0 Å². The maximum atomic E-state index is 13.0. The van der Waals surface area contributed by atoms with Gasteiger partial charge in [0.1, 0.15) is 23.6 Å². The van der Waals surface area contributed by atoms with Crippen LogP contribution in [-0.2, 0) is 37.4 Å². The van der Waals surface area contributed by atoms with Crippen molar-refractivity contribution < 1.29 is 28.5 Å². The van der Waals surface area contributed by atoms with Gasteiger partial charge in [0.2, 0.25) is 0 Å². The topological polar surface area (TPSA) is 74.3 Å². The normalized spacial score (nSPS) is 14.9. The van der Waals surface area contributed by atoms with Crippen molar-refractivity contribution in [2.45, 2.75) is 90.4 Å². The molecule has 4 rings (SSSR count). The zero-order valence-electron chi connectivity index (χ0n) is 27.8. The molecule has 1 aliphatic rings. The lowest BCUT2D eigenvalue weighted by Crippen LogP contribution is -2.47. The maximum Gasteiger partial charge on any atom is 0.410 e. The smallest absolute Gasteiger partial charge is 0.410 e. The Hall–Kier alpha value is -3.84. The molecule has 1 fully saturated rings. The second-order valence-corrected chi connectivity index (χ2v) is 13.7. The lowest BCUT2D eigenvalue weighted by molar-refractivity contribution is -0.156. The number of piperidine rings is 1. The Morgan fingerprint density at radius 3 is 2.00 bits per heavy atom. The fourth-order valence-corrected chi connectivity index (χ4v) is 5.68. The molecule has 1 heterocycles. The number of rotatable bonds is 11. The first-order chi connectivity index (χ1) is 21.3. The van der Waals surface area contributed by atoms with Crippen LogP contribution < -0.4 is 4.74 Å². The highest BCUT2D eigenvalue weighted by molar-refractivity contribution is 5.70. The first-order valence-corrected chi connectivity index (χ1v) is 16.0. The number of hydrogen-bond donors (Lipinski definition) is 0. The van der Waals surface area contributed by atoms with E-state index in [0.717, 1.165) is 35.3 Å². The zero-order valence-corrected chi connectivity index (χ0v) is 27.8. The van der Waals surface area contributed by atoms with Crippen LogP contribution in [0.15, 0.2) is 78.9 Å². The first kappa shape index (κ1) is 34.0. The summed E-state index contributed by atoms with van der Waals surface area (Å²) >= 11 is 0. The fourth-order valence-electron chi connectivity index (χ4n) is 5.68. The second-order valence-electron chi connectivity index (χ2n) is 13.7. The Balaban J connectivity index is 1.58. The van der Waals surface area contributed by atoms with Crippen LogP contribution in [0.2, 0.25) is 0 Å². The van der Waals surface area contributed by atoms with Crippen molar-refractivity contribution in [1.29, 1.82) is 0 Å². The summed E-state index contributed by atoms with van der Waals surface area (Å²) in [6.07, 6.45) is 2.10. The quantitative estimate of drug-likeness (QED) is 0.161. The van der Waals surface area contributed by atoms with Crippen LogP contribution in [0.5, 0.6) is 5.75 Å². The minimum absolute atomic E-state index is 0.222. The van der Waals surface area contributed by atoms with Crippen LogP contribution in [0, 0.1) is 0 Å². The van der Waals surface area contributed by atoms with E-state index in [1.165, 1.54) is 5.56 Å². The third-order valence-electron chi connectivity index (χ3n) is 7.80. The molecule has 45 heavy (non-hydrogen) atoms. The Morgan fingerprint density at radius 1 is 0.756 bits per heavy atom. The third-order valence-corrected chi connectivity index (χ3v) is 7.80. The van der Waals surface area contributed by atoms with Crippen molar-refractivity contribution in [2.24, 2.45) is 0 Å². The molecular formula is C38H49NO6. The number of carbonyl (C=O) groups is 2. The van der Waals surface area contributed by atoms with Crippen molar-refractivity contribution in [3.8, 4) is 5.75 Å². The van der Waals surface area contributed by atoms with Gasteiger partial charge in [-0.3, -0.25) is 4.79 Å². The summed E-state index contributed by atoms with van der Waals surface area (Å²) in [6, 6.07) is 27.1. The molecule has 0 aromatic heterocycles. The molecule has 3 aromatic rings. The molecule has 0 radical (unpaired) electrons. The van der Waals surface area contributed by atoms with Crippen LogP contribution in [0.25, 0.3) is 0 Å². The molecule has 1 saturated heterocycles. The van der Waals surface area contributed by atoms with Gasteiger partial charge in [-0.15, -0.1) is 0 Å². The average molecular weight is 616 g/mol. The molecule has 7 heteroatoms. The number of likely N-dealkylation sites (tertiary alicyclic amines) is 1. The Kier molecular flexibility index (Phi) is 11.3. The van der Waals surface area contributed by atoms with Crippen molar-refractivity contribution in [2.75, 3.05) is 26.3 Å². The fraction of sp³-hybridized carbons (Fsp3) is 0.474. The van der Waals surface area contributed by atoms with Gasteiger partial charge in [-0.05, 0) is 83.6 Å².